The molecule has 0 aromatic rings. The van der Waals surface area contributed by atoms with Gasteiger partial charge in [-0.1, -0.05) is 6.92 Å². The van der Waals surface area contributed by atoms with Crippen molar-refractivity contribution in [1.82, 2.24) is 10.6 Å². The van der Waals surface area contributed by atoms with Crippen LogP contribution in [0.15, 0.2) is 0 Å². The Balaban J connectivity index is 1.59. The van der Waals surface area contributed by atoms with Gasteiger partial charge in [-0.25, -0.2) is 5.32 Å². The third-order valence-electron chi connectivity index (χ3n) is 4.48. The molecule has 1 N–H and O–H groups in total. The summed E-state index contributed by atoms with van der Waals surface area (Å²) in [6, 6.07) is 0.449. The largest absolute Gasteiger partial charge is 0.353 e. The van der Waals surface area contributed by atoms with E-state index < -0.39 is 0 Å². The molecular weight excluding hydrogens is 224 g/mol. The summed E-state index contributed by atoms with van der Waals surface area (Å²) in [7, 11) is 0. The van der Waals surface area contributed by atoms with Crippen molar-refractivity contribution < 1.29 is 4.79 Å². The van der Waals surface area contributed by atoms with E-state index in [0.717, 1.165) is 25.4 Å². The molecule has 103 valence electrons. The number of nitrogens with zero attached hydrogens (tertiary/aromatic N) is 1. The monoisotopic (exact) mass is 251 g/mol. The topological polar surface area (TPSA) is 43.2 Å². The molecule has 0 spiro atoms. The lowest BCUT2D eigenvalue weighted by atomic mass is 9.87. The van der Waals surface area contributed by atoms with Gasteiger partial charge in [-0.2, -0.15) is 0 Å². The van der Waals surface area contributed by atoms with Gasteiger partial charge in [0.25, 0.3) is 0 Å². The Morgan fingerprint density at radius 1 is 1.22 bits per heavy atom. The van der Waals surface area contributed by atoms with Crippen LogP contribution in [0.25, 0.3) is 0 Å². The van der Waals surface area contributed by atoms with E-state index >= 15 is 0 Å². The molecule has 1 heterocycles. The van der Waals surface area contributed by atoms with Crippen LogP contribution in [0.2, 0.25) is 0 Å². The van der Waals surface area contributed by atoms with E-state index in [-0.39, 0.29) is 5.91 Å². The van der Waals surface area contributed by atoms with E-state index in [4.69, 9.17) is 0 Å². The molecule has 1 unspecified atom stereocenters. The lowest BCUT2D eigenvalue weighted by molar-refractivity contribution is -0.122. The molecule has 1 aliphatic carbocycles. The van der Waals surface area contributed by atoms with E-state index in [1.807, 2.05) is 0 Å². The minimum atomic E-state index is 0.264. The zero-order valence-electron chi connectivity index (χ0n) is 11.7. The Bertz CT molecular complexity index is 253. The maximum absolute atomic E-state index is 11.9. The third-order valence-corrected chi connectivity index (χ3v) is 4.48. The van der Waals surface area contributed by atoms with Crippen molar-refractivity contribution in [3.05, 3.63) is 0 Å². The fraction of sp³-hybridized carbons (Fsp3) is 0.933. The zero-order chi connectivity index (χ0) is 12.8. The summed E-state index contributed by atoms with van der Waals surface area (Å²) in [5.41, 5.74) is 0. The molecule has 0 aromatic carbocycles. The van der Waals surface area contributed by atoms with Gasteiger partial charge in [0.2, 0.25) is 5.91 Å². The van der Waals surface area contributed by atoms with Gasteiger partial charge < -0.3 is 5.32 Å². The highest BCUT2D eigenvalue weighted by Gasteiger charge is 2.20. The summed E-state index contributed by atoms with van der Waals surface area (Å²) in [5.74, 6) is 1.78. The normalized spacial score (nSPS) is 33.1. The first-order valence-corrected chi connectivity index (χ1v) is 7.66. The second-order valence-corrected chi connectivity index (χ2v) is 6.20. The molecule has 1 saturated heterocycles. The van der Waals surface area contributed by atoms with Gasteiger partial charge in [-0.3, -0.25) is 4.79 Å². The van der Waals surface area contributed by atoms with Crippen molar-refractivity contribution in [2.75, 3.05) is 13.1 Å². The van der Waals surface area contributed by atoms with Crippen LogP contribution in [0.5, 0.6) is 0 Å². The number of piperidine rings is 1. The van der Waals surface area contributed by atoms with E-state index in [1.165, 1.54) is 38.5 Å². The highest BCUT2D eigenvalue weighted by Crippen LogP contribution is 2.23. The molecule has 2 aliphatic rings. The lowest BCUT2D eigenvalue weighted by Gasteiger charge is -2.27. The van der Waals surface area contributed by atoms with E-state index in [9.17, 15) is 4.79 Å². The molecule has 2 fully saturated rings. The molecule has 3 nitrogen and oxygen atoms in total. The van der Waals surface area contributed by atoms with Gasteiger partial charge in [-0.05, 0) is 56.8 Å². The van der Waals surface area contributed by atoms with Crippen molar-refractivity contribution in [2.45, 2.75) is 64.3 Å². The molecule has 1 radical (unpaired) electrons. The van der Waals surface area contributed by atoms with Gasteiger partial charge in [-0.15, -0.1) is 0 Å². The summed E-state index contributed by atoms with van der Waals surface area (Å²) < 4.78 is 0. The smallest absolute Gasteiger partial charge is 0.220 e. The molecule has 1 saturated carbocycles. The van der Waals surface area contributed by atoms with Crippen molar-refractivity contribution in [1.29, 1.82) is 0 Å². The highest BCUT2D eigenvalue weighted by atomic mass is 16.1. The quantitative estimate of drug-likeness (QED) is 0.819. The first kappa shape index (κ1) is 13.9. The summed E-state index contributed by atoms with van der Waals surface area (Å²) in [6.07, 6.45) is 9.09. The average Bonchev–Trinajstić information content (AvgIpc) is 2.40. The van der Waals surface area contributed by atoms with Crippen LogP contribution in [0.1, 0.15) is 58.3 Å². The van der Waals surface area contributed by atoms with Crippen molar-refractivity contribution in [3.63, 3.8) is 0 Å². The van der Waals surface area contributed by atoms with E-state index in [2.05, 4.69) is 17.6 Å². The minimum Gasteiger partial charge on any atom is -0.353 e. The van der Waals surface area contributed by atoms with Gasteiger partial charge in [0.1, 0.15) is 0 Å². The molecule has 1 aliphatic heterocycles. The van der Waals surface area contributed by atoms with Crippen LogP contribution in [0.4, 0.5) is 0 Å². The number of amides is 1. The predicted molar refractivity (Wildman–Crippen MR) is 73.4 cm³/mol. The SMILES string of the molecule is CC1CCC(NC(=O)CCC2CCC[N]C2)CC1. The first-order valence-electron chi connectivity index (χ1n) is 7.66. The molecule has 1 atom stereocenters. The molecular formula is C15H27N2O. The van der Waals surface area contributed by atoms with E-state index in [0.29, 0.717) is 18.4 Å². The van der Waals surface area contributed by atoms with Crippen LogP contribution in [0.3, 0.4) is 0 Å². The Kier molecular flexibility index (Phi) is 5.48. The number of carbonyl (C=O) groups excluding carboxylic acids is 1. The number of hydrogen-bond donors (Lipinski definition) is 1. The highest BCUT2D eigenvalue weighted by molar-refractivity contribution is 5.76. The summed E-state index contributed by atoms with van der Waals surface area (Å²) in [5, 5.41) is 7.64. The van der Waals surface area contributed by atoms with Gasteiger partial charge >= 0.3 is 0 Å². The van der Waals surface area contributed by atoms with Crippen LogP contribution in [-0.2, 0) is 4.79 Å². The summed E-state index contributed by atoms with van der Waals surface area (Å²) in [4.78, 5) is 11.9. The summed E-state index contributed by atoms with van der Waals surface area (Å²) in [6.45, 7) is 4.32. The van der Waals surface area contributed by atoms with E-state index in [1.54, 1.807) is 0 Å². The Morgan fingerprint density at radius 2 is 2.00 bits per heavy atom. The Hall–Kier alpha value is -0.570. The Labute approximate surface area is 111 Å². The second kappa shape index (κ2) is 7.13. The number of carbonyl (C=O) groups is 1. The van der Waals surface area contributed by atoms with Crippen LogP contribution in [0, 0.1) is 11.8 Å². The average molecular weight is 251 g/mol. The van der Waals surface area contributed by atoms with Gasteiger partial charge in [0.15, 0.2) is 0 Å². The second-order valence-electron chi connectivity index (χ2n) is 6.20. The van der Waals surface area contributed by atoms with Crippen LogP contribution < -0.4 is 10.6 Å². The zero-order valence-corrected chi connectivity index (χ0v) is 11.7. The Morgan fingerprint density at radius 3 is 2.67 bits per heavy atom. The lowest BCUT2D eigenvalue weighted by Crippen LogP contribution is -2.37. The maximum Gasteiger partial charge on any atom is 0.220 e. The number of nitrogens with one attached hydrogen (secondary N) is 1. The summed E-state index contributed by atoms with van der Waals surface area (Å²) >= 11 is 0. The fourth-order valence-electron chi connectivity index (χ4n) is 3.13. The van der Waals surface area contributed by atoms with Crippen molar-refractivity contribution in [3.8, 4) is 0 Å². The molecule has 3 heteroatoms. The number of rotatable bonds is 4. The third kappa shape index (κ3) is 4.60. The van der Waals surface area contributed by atoms with Gasteiger partial charge in [0, 0.05) is 25.6 Å². The van der Waals surface area contributed by atoms with Crippen LogP contribution >= 0.6 is 0 Å². The number of hydrogen-bond acceptors (Lipinski definition) is 1. The molecule has 1 amide bonds. The minimum absolute atomic E-state index is 0.264. The first-order chi connectivity index (χ1) is 8.74. The molecule has 18 heavy (non-hydrogen) atoms. The molecule has 0 aromatic heterocycles. The molecule has 2 rings (SSSR count). The standard InChI is InChI=1S/C15H27N2O/c1-12-4-7-14(8-5-12)17-15(18)9-6-13-3-2-10-16-11-13/h12-14H,2-11H2,1H3,(H,17,18). The maximum atomic E-state index is 11.9. The van der Waals surface area contributed by atoms with Crippen LogP contribution in [-0.4, -0.2) is 25.0 Å². The fourth-order valence-corrected chi connectivity index (χ4v) is 3.13. The predicted octanol–water partition coefficient (Wildman–Crippen LogP) is 2.48. The van der Waals surface area contributed by atoms with Crippen molar-refractivity contribution in [2.24, 2.45) is 11.8 Å². The molecule has 0 bridgehead atoms. The van der Waals surface area contributed by atoms with Crippen molar-refractivity contribution >= 4 is 5.91 Å². The van der Waals surface area contributed by atoms with Gasteiger partial charge in [0.05, 0.1) is 0 Å².